The Morgan fingerprint density at radius 2 is 1.77 bits per heavy atom. The zero-order valence-electron chi connectivity index (χ0n) is 14.4. The molecule has 0 aliphatic rings. The van der Waals surface area contributed by atoms with E-state index in [2.05, 4.69) is 20.6 Å². The molecule has 7 heteroatoms. The fraction of sp³-hybridized carbons (Fsp3) is 0.158. The van der Waals surface area contributed by atoms with Gasteiger partial charge in [0, 0.05) is 23.2 Å². The Morgan fingerprint density at radius 3 is 2.58 bits per heavy atom. The Kier molecular flexibility index (Phi) is 5.81. The molecule has 0 unspecified atom stereocenters. The lowest BCUT2D eigenvalue weighted by atomic mass is 10.2. The van der Waals surface area contributed by atoms with E-state index in [1.54, 1.807) is 25.3 Å². The van der Waals surface area contributed by atoms with Crippen LogP contribution in [0.4, 0.5) is 17.3 Å². The summed E-state index contributed by atoms with van der Waals surface area (Å²) in [6.07, 6.45) is 0. The third-order valence-corrected chi connectivity index (χ3v) is 4.25. The van der Waals surface area contributed by atoms with Gasteiger partial charge < -0.3 is 15.4 Å². The van der Waals surface area contributed by atoms with Crippen molar-refractivity contribution in [1.82, 2.24) is 9.97 Å². The lowest BCUT2D eigenvalue weighted by Gasteiger charge is -2.13. The SMILES string of the molecule is COc1ccccc1CNc1cc(Nc2cc(Cl)ccc2Cl)nc(C)n1. The molecule has 0 spiro atoms. The smallest absolute Gasteiger partial charge is 0.136 e. The molecule has 2 aromatic carbocycles. The maximum Gasteiger partial charge on any atom is 0.136 e. The third kappa shape index (κ3) is 4.56. The second kappa shape index (κ2) is 8.25. The number of aryl methyl sites for hydroxylation is 1. The molecule has 3 aromatic rings. The van der Waals surface area contributed by atoms with Crippen molar-refractivity contribution in [2.75, 3.05) is 17.7 Å². The maximum atomic E-state index is 6.21. The minimum Gasteiger partial charge on any atom is -0.496 e. The Balaban J connectivity index is 1.78. The van der Waals surface area contributed by atoms with E-state index >= 15 is 0 Å². The highest BCUT2D eigenvalue weighted by Gasteiger charge is 2.07. The van der Waals surface area contributed by atoms with Gasteiger partial charge in [-0.3, -0.25) is 0 Å². The second-order valence-electron chi connectivity index (χ2n) is 5.60. The van der Waals surface area contributed by atoms with Gasteiger partial charge in [-0.25, -0.2) is 9.97 Å². The number of nitrogens with one attached hydrogen (secondary N) is 2. The van der Waals surface area contributed by atoms with Gasteiger partial charge >= 0.3 is 0 Å². The van der Waals surface area contributed by atoms with Crippen LogP contribution < -0.4 is 15.4 Å². The molecule has 0 amide bonds. The lowest BCUT2D eigenvalue weighted by Crippen LogP contribution is -2.06. The van der Waals surface area contributed by atoms with E-state index in [0.717, 1.165) is 11.3 Å². The van der Waals surface area contributed by atoms with Crippen molar-refractivity contribution >= 4 is 40.5 Å². The minimum atomic E-state index is 0.564. The topological polar surface area (TPSA) is 59.1 Å². The van der Waals surface area contributed by atoms with Crippen LogP contribution in [0.25, 0.3) is 0 Å². The molecule has 0 aliphatic heterocycles. The summed E-state index contributed by atoms with van der Waals surface area (Å²) < 4.78 is 5.37. The molecule has 134 valence electrons. The van der Waals surface area contributed by atoms with Crippen molar-refractivity contribution in [1.29, 1.82) is 0 Å². The molecule has 1 aromatic heterocycles. The Hall–Kier alpha value is -2.50. The van der Waals surface area contributed by atoms with Crippen molar-refractivity contribution in [3.8, 4) is 5.75 Å². The largest absolute Gasteiger partial charge is 0.496 e. The van der Waals surface area contributed by atoms with Gasteiger partial charge in [0.1, 0.15) is 23.2 Å². The maximum absolute atomic E-state index is 6.21. The van der Waals surface area contributed by atoms with Crippen molar-refractivity contribution in [2.45, 2.75) is 13.5 Å². The third-order valence-electron chi connectivity index (χ3n) is 3.68. The Morgan fingerprint density at radius 1 is 1.00 bits per heavy atom. The number of hydrogen-bond donors (Lipinski definition) is 2. The predicted octanol–water partition coefficient (Wildman–Crippen LogP) is 5.46. The van der Waals surface area contributed by atoms with Crippen LogP contribution in [-0.2, 0) is 6.54 Å². The number of methoxy groups -OCH3 is 1. The van der Waals surface area contributed by atoms with Gasteiger partial charge in [-0.05, 0) is 31.2 Å². The van der Waals surface area contributed by atoms with E-state index in [1.165, 1.54) is 0 Å². The van der Waals surface area contributed by atoms with E-state index in [0.29, 0.717) is 39.7 Å². The Bertz CT molecular complexity index is 918. The summed E-state index contributed by atoms with van der Waals surface area (Å²) in [6, 6.07) is 14.9. The van der Waals surface area contributed by atoms with Crippen molar-refractivity contribution in [2.24, 2.45) is 0 Å². The average Bonchev–Trinajstić information content (AvgIpc) is 2.63. The van der Waals surface area contributed by atoms with E-state index in [-0.39, 0.29) is 0 Å². The number of nitrogens with zero attached hydrogens (tertiary/aromatic N) is 2. The summed E-state index contributed by atoms with van der Waals surface area (Å²) >= 11 is 12.2. The zero-order chi connectivity index (χ0) is 18.5. The molecule has 2 N–H and O–H groups in total. The zero-order valence-corrected chi connectivity index (χ0v) is 15.9. The van der Waals surface area contributed by atoms with Gasteiger partial charge in [-0.15, -0.1) is 0 Å². The Labute approximate surface area is 162 Å². The molecular formula is C19H18Cl2N4O. The van der Waals surface area contributed by atoms with Crippen molar-refractivity contribution < 1.29 is 4.74 Å². The molecular weight excluding hydrogens is 371 g/mol. The van der Waals surface area contributed by atoms with Gasteiger partial charge in [0.25, 0.3) is 0 Å². The number of hydrogen-bond acceptors (Lipinski definition) is 5. The van der Waals surface area contributed by atoms with Crippen molar-refractivity contribution in [3.05, 3.63) is 70.0 Å². The quantitative estimate of drug-likeness (QED) is 0.587. The van der Waals surface area contributed by atoms with Crippen LogP contribution >= 0.6 is 23.2 Å². The first-order valence-electron chi connectivity index (χ1n) is 7.98. The summed E-state index contributed by atoms with van der Waals surface area (Å²) in [6.45, 7) is 2.41. The normalized spacial score (nSPS) is 10.5. The van der Waals surface area contributed by atoms with Gasteiger partial charge in [-0.2, -0.15) is 0 Å². The van der Waals surface area contributed by atoms with Crippen LogP contribution in [0.15, 0.2) is 48.5 Å². The first-order chi connectivity index (χ1) is 12.5. The predicted molar refractivity (Wildman–Crippen MR) is 107 cm³/mol. The molecule has 0 saturated heterocycles. The van der Waals surface area contributed by atoms with E-state index in [4.69, 9.17) is 27.9 Å². The fourth-order valence-electron chi connectivity index (χ4n) is 2.49. The molecule has 0 atom stereocenters. The van der Waals surface area contributed by atoms with Gasteiger partial charge in [0.05, 0.1) is 17.8 Å². The second-order valence-corrected chi connectivity index (χ2v) is 6.44. The average molecular weight is 389 g/mol. The minimum absolute atomic E-state index is 0.564. The van der Waals surface area contributed by atoms with Crippen LogP contribution in [0.2, 0.25) is 10.0 Å². The standard InChI is InChI=1S/C19H18Cl2N4O/c1-12-23-18(22-11-13-5-3-4-6-17(13)26-2)10-19(24-12)25-16-9-14(20)7-8-15(16)21/h3-10H,11H2,1-2H3,(H2,22,23,24,25). The highest BCUT2D eigenvalue weighted by atomic mass is 35.5. The number of aromatic nitrogens is 2. The molecule has 0 bridgehead atoms. The van der Waals surface area contributed by atoms with E-state index in [9.17, 15) is 0 Å². The summed E-state index contributed by atoms with van der Waals surface area (Å²) in [5.74, 6) is 2.79. The molecule has 5 nitrogen and oxygen atoms in total. The molecule has 0 fully saturated rings. The van der Waals surface area contributed by atoms with Gasteiger partial charge in [0.15, 0.2) is 0 Å². The number of para-hydroxylation sites is 1. The fourth-order valence-corrected chi connectivity index (χ4v) is 2.83. The number of ether oxygens (including phenoxy) is 1. The number of benzene rings is 2. The summed E-state index contributed by atoms with van der Waals surface area (Å²) in [5, 5.41) is 7.64. The summed E-state index contributed by atoms with van der Waals surface area (Å²) in [7, 11) is 1.66. The van der Waals surface area contributed by atoms with Crippen LogP contribution in [0.3, 0.4) is 0 Å². The number of rotatable bonds is 6. The van der Waals surface area contributed by atoms with Crippen molar-refractivity contribution in [3.63, 3.8) is 0 Å². The van der Waals surface area contributed by atoms with Crippen LogP contribution in [-0.4, -0.2) is 17.1 Å². The first kappa shape index (κ1) is 18.3. The first-order valence-corrected chi connectivity index (χ1v) is 8.74. The molecule has 26 heavy (non-hydrogen) atoms. The van der Waals surface area contributed by atoms with Crippen LogP contribution in [0.1, 0.15) is 11.4 Å². The highest BCUT2D eigenvalue weighted by molar-refractivity contribution is 6.35. The van der Waals surface area contributed by atoms with Gasteiger partial charge in [-0.1, -0.05) is 41.4 Å². The van der Waals surface area contributed by atoms with E-state index in [1.807, 2.05) is 37.3 Å². The molecule has 0 saturated carbocycles. The highest BCUT2D eigenvalue weighted by Crippen LogP contribution is 2.28. The number of halogens is 2. The van der Waals surface area contributed by atoms with Gasteiger partial charge in [0.2, 0.25) is 0 Å². The molecule has 1 heterocycles. The lowest BCUT2D eigenvalue weighted by molar-refractivity contribution is 0.410. The van der Waals surface area contributed by atoms with E-state index < -0.39 is 0 Å². The number of anilines is 3. The molecule has 0 aliphatic carbocycles. The van der Waals surface area contributed by atoms with Crippen LogP contribution in [0, 0.1) is 6.92 Å². The molecule has 0 radical (unpaired) electrons. The monoisotopic (exact) mass is 388 g/mol. The summed E-state index contributed by atoms with van der Waals surface area (Å²) in [4.78, 5) is 8.82. The molecule has 3 rings (SSSR count). The van der Waals surface area contributed by atoms with Crippen LogP contribution in [0.5, 0.6) is 5.75 Å². The summed E-state index contributed by atoms with van der Waals surface area (Å²) in [5.41, 5.74) is 1.73.